The second-order valence-corrected chi connectivity index (χ2v) is 7.62. The smallest absolute Gasteiger partial charge is 0.344 e. The number of nitrogens with zero attached hydrogens (tertiary/aromatic N) is 1. The molecule has 1 aliphatic rings. The molecule has 0 bridgehead atoms. The van der Waals surface area contributed by atoms with Gasteiger partial charge in [-0.05, 0) is 62.7 Å². The quantitative estimate of drug-likeness (QED) is 0.603. The van der Waals surface area contributed by atoms with Gasteiger partial charge in [0.2, 0.25) is 0 Å². The van der Waals surface area contributed by atoms with Crippen LogP contribution in [0.5, 0.6) is 5.75 Å². The van der Waals surface area contributed by atoms with Crippen LogP contribution in [-0.2, 0) is 0 Å². The number of ether oxygens (including phenoxy) is 1. The van der Waals surface area contributed by atoms with Crippen molar-refractivity contribution < 1.29 is 9.15 Å². The Morgan fingerprint density at radius 3 is 2.52 bits per heavy atom. The van der Waals surface area contributed by atoms with E-state index in [0.717, 1.165) is 48.2 Å². The van der Waals surface area contributed by atoms with Gasteiger partial charge in [-0.3, -0.25) is 0 Å². The molecule has 4 nitrogen and oxygen atoms in total. The van der Waals surface area contributed by atoms with Crippen LogP contribution in [0.2, 0.25) is 5.02 Å². The molecule has 0 N–H and O–H groups in total. The molecule has 27 heavy (non-hydrogen) atoms. The predicted octanol–water partition coefficient (Wildman–Crippen LogP) is 4.89. The van der Waals surface area contributed by atoms with E-state index in [2.05, 4.69) is 11.9 Å². The summed E-state index contributed by atoms with van der Waals surface area (Å²) in [4.78, 5) is 14.9. The first-order valence-corrected chi connectivity index (χ1v) is 9.57. The summed E-state index contributed by atoms with van der Waals surface area (Å²) in [6.45, 7) is 4.02. The highest BCUT2D eigenvalue weighted by atomic mass is 35.5. The standard InChI is InChI=1S/C22H22ClNO3/c1-14-20(26-18-9-11-24(2)12-10-18)8-5-16-13-19(22(25)27-21(14)16)15-3-6-17(23)7-4-15/h3-8,13,18H,9-12H2,1-2H3. The molecular formula is C22H22ClNO3. The van der Waals surface area contributed by atoms with Gasteiger partial charge in [0.1, 0.15) is 17.4 Å². The van der Waals surface area contributed by atoms with Crippen LogP contribution < -0.4 is 10.4 Å². The van der Waals surface area contributed by atoms with Crippen LogP contribution in [0.4, 0.5) is 0 Å². The zero-order valence-corrected chi connectivity index (χ0v) is 16.3. The van der Waals surface area contributed by atoms with Gasteiger partial charge in [0.25, 0.3) is 0 Å². The summed E-state index contributed by atoms with van der Waals surface area (Å²) in [7, 11) is 2.13. The number of hydrogen-bond donors (Lipinski definition) is 0. The number of rotatable bonds is 3. The molecule has 5 heteroatoms. The van der Waals surface area contributed by atoms with Crippen molar-refractivity contribution >= 4 is 22.6 Å². The van der Waals surface area contributed by atoms with Gasteiger partial charge in [-0.2, -0.15) is 0 Å². The van der Waals surface area contributed by atoms with E-state index in [1.165, 1.54) is 0 Å². The molecule has 0 amide bonds. The molecule has 3 aromatic rings. The van der Waals surface area contributed by atoms with Gasteiger partial charge in [-0.15, -0.1) is 0 Å². The lowest BCUT2D eigenvalue weighted by molar-refractivity contribution is 0.113. The second-order valence-electron chi connectivity index (χ2n) is 7.18. The van der Waals surface area contributed by atoms with Gasteiger partial charge in [0.05, 0.1) is 5.56 Å². The van der Waals surface area contributed by atoms with Crippen LogP contribution in [0.25, 0.3) is 22.1 Å². The van der Waals surface area contributed by atoms with E-state index < -0.39 is 0 Å². The zero-order chi connectivity index (χ0) is 19.0. The highest BCUT2D eigenvalue weighted by Gasteiger charge is 2.20. The normalized spacial score (nSPS) is 16.0. The van der Waals surface area contributed by atoms with Crippen molar-refractivity contribution in [3.63, 3.8) is 0 Å². The number of piperidine rings is 1. The van der Waals surface area contributed by atoms with E-state index in [-0.39, 0.29) is 11.7 Å². The van der Waals surface area contributed by atoms with E-state index in [9.17, 15) is 4.79 Å². The summed E-state index contributed by atoms with van der Waals surface area (Å²) < 4.78 is 11.9. The molecule has 0 aliphatic carbocycles. The van der Waals surface area contributed by atoms with Crippen molar-refractivity contribution in [3.8, 4) is 16.9 Å². The highest BCUT2D eigenvalue weighted by molar-refractivity contribution is 6.30. The summed E-state index contributed by atoms with van der Waals surface area (Å²) in [5.74, 6) is 0.791. The van der Waals surface area contributed by atoms with Gasteiger partial charge >= 0.3 is 5.63 Å². The summed E-state index contributed by atoms with van der Waals surface area (Å²) in [5, 5.41) is 1.52. The molecule has 1 saturated heterocycles. The molecule has 4 rings (SSSR count). The lowest BCUT2D eigenvalue weighted by atomic mass is 10.0. The Hall–Kier alpha value is -2.30. The number of benzene rings is 2. The molecule has 0 spiro atoms. The molecule has 140 valence electrons. The molecular weight excluding hydrogens is 362 g/mol. The number of hydrogen-bond acceptors (Lipinski definition) is 4. The third-order valence-corrected chi connectivity index (χ3v) is 5.47. The number of likely N-dealkylation sites (tertiary alicyclic amines) is 1. The molecule has 2 aromatic carbocycles. The van der Waals surface area contributed by atoms with Crippen molar-refractivity contribution in [1.29, 1.82) is 0 Å². The second kappa shape index (κ2) is 7.37. The monoisotopic (exact) mass is 383 g/mol. The Morgan fingerprint density at radius 1 is 1.11 bits per heavy atom. The minimum absolute atomic E-state index is 0.206. The van der Waals surface area contributed by atoms with Crippen LogP contribution in [0, 0.1) is 6.92 Å². The Kier molecular flexibility index (Phi) is 4.94. The average molecular weight is 384 g/mol. The van der Waals surface area contributed by atoms with E-state index in [1.807, 2.05) is 37.3 Å². The molecule has 0 radical (unpaired) electrons. The fourth-order valence-corrected chi connectivity index (χ4v) is 3.67. The maximum atomic E-state index is 12.6. The summed E-state index contributed by atoms with van der Waals surface area (Å²) in [6, 6.07) is 13.0. The first-order chi connectivity index (χ1) is 13.0. The zero-order valence-electron chi connectivity index (χ0n) is 15.5. The fourth-order valence-electron chi connectivity index (χ4n) is 3.55. The molecule has 1 aromatic heterocycles. The van der Waals surface area contributed by atoms with Crippen LogP contribution in [0.15, 0.2) is 51.7 Å². The average Bonchev–Trinajstić information content (AvgIpc) is 2.67. The van der Waals surface area contributed by atoms with Crippen LogP contribution in [0.1, 0.15) is 18.4 Å². The first-order valence-electron chi connectivity index (χ1n) is 9.20. The maximum Gasteiger partial charge on any atom is 0.344 e. The lowest BCUT2D eigenvalue weighted by Gasteiger charge is -2.29. The van der Waals surface area contributed by atoms with Crippen LogP contribution in [0.3, 0.4) is 0 Å². The van der Waals surface area contributed by atoms with Gasteiger partial charge in [-0.25, -0.2) is 4.79 Å². The number of fused-ring (bicyclic) bond motifs is 1. The summed E-state index contributed by atoms with van der Waals surface area (Å²) in [6.07, 6.45) is 2.22. The first kappa shape index (κ1) is 18.1. The van der Waals surface area contributed by atoms with Gasteiger partial charge < -0.3 is 14.1 Å². The minimum Gasteiger partial charge on any atom is -0.490 e. The van der Waals surface area contributed by atoms with Gasteiger partial charge in [-0.1, -0.05) is 23.7 Å². The SMILES string of the molecule is Cc1c(OC2CCN(C)CC2)ccc2cc(-c3ccc(Cl)cc3)c(=O)oc12. The van der Waals surface area contributed by atoms with E-state index in [0.29, 0.717) is 16.2 Å². The minimum atomic E-state index is -0.357. The van der Waals surface area contributed by atoms with Crippen molar-refractivity contribution in [2.45, 2.75) is 25.9 Å². The Bertz CT molecular complexity index is 1020. The van der Waals surface area contributed by atoms with Crippen LogP contribution in [-0.4, -0.2) is 31.1 Å². The molecule has 1 fully saturated rings. The van der Waals surface area contributed by atoms with E-state index >= 15 is 0 Å². The predicted molar refractivity (Wildman–Crippen MR) is 109 cm³/mol. The third-order valence-electron chi connectivity index (χ3n) is 5.22. The largest absolute Gasteiger partial charge is 0.490 e. The Balaban J connectivity index is 1.68. The van der Waals surface area contributed by atoms with Gasteiger partial charge in [0, 0.05) is 29.1 Å². The molecule has 0 saturated carbocycles. The van der Waals surface area contributed by atoms with Gasteiger partial charge in [0.15, 0.2) is 0 Å². The Labute approximate surface area is 163 Å². The van der Waals surface area contributed by atoms with Crippen LogP contribution >= 0.6 is 11.6 Å². The van der Waals surface area contributed by atoms with Crippen molar-refractivity contribution in [3.05, 3.63) is 63.5 Å². The summed E-state index contributed by atoms with van der Waals surface area (Å²) in [5.41, 5.74) is 2.42. The molecule has 1 aliphatic heterocycles. The fraction of sp³-hybridized carbons (Fsp3) is 0.318. The molecule has 2 heterocycles. The third kappa shape index (κ3) is 3.73. The Morgan fingerprint density at radius 2 is 1.81 bits per heavy atom. The maximum absolute atomic E-state index is 12.6. The van der Waals surface area contributed by atoms with Crippen molar-refractivity contribution in [2.75, 3.05) is 20.1 Å². The summed E-state index contributed by atoms with van der Waals surface area (Å²) >= 11 is 5.94. The number of halogens is 1. The van der Waals surface area contributed by atoms with E-state index in [4.69, 9.17) is 20.8 Å². The molecule has 0 unspecified atom stereocenters. The number of aryl methyl sites for hydroxylation is 1. The van der Waals surface area contributed by atoms with Crippen molar-refractivity contribution in [2.24, 2.45) is 0 Å². The topological polar surface area (TPSA) is 42.7 Å². The highest BCUT2D eigenvalue weighted by Crippen LogP contribution is 2.31. The van der Waals surface area contributed by atoms with Crippen molar-refractivity contribution in [1.82, 2.24) is 4.90 Å². The lowest BCUT2D eigenvalue weighted by Crippen LogP contribution is -2.35. The van der Waals surface area contributed by atoms with E-state index in [1.54, 1.807) is 12.1 Å². The molecule has 0 atom stereocenters.